The van der Waals surface area contributed by atoms with Crippen LogP contribution in [0.3, 0.4) is 0 Å². The van der Waals surface area contributed by atoms with Gasteiger partial charge in [0.05, 0.1) is 0 Å². The molecule has 0 unspecified atom stereocenters. The van der Waals surface area contributed by atoms with E-state index in [1.807, 2.05) is 12.1 Å². The molecular weight excluding hydrogens is 239 g/mol. The second-order valence-electron chi connectivity index (χ2n) is 5.79. The van der Waals surface area contributed by atoms with Crippen molar-refractivity contribution in [1.29, 1.82) is 0 Å². The van der Waals surface area contributed by atoms with Crippen molar-refractivity contribution in [3.8, 4) is 0 Å². The smallest absolute Gasteiger partial charge is 0.127 e. The normalized spacial score (nSPS) is 18.7. The lowest BCUT2D eigenvalue weighted by atomic mass is 9.95. The number of nitrogens with one attached hydrogen (secondary N) is 1. The van der Waals surface area contributed by atoms with Gasteiger partial charge >= 0.3 is 0 Å². The molecule has 0 aliphatic carbocycles. The highest BCUT2D eigenvalue weighted by Crippen LogP contribution is 2.29. The lowest BCUT2D eigenvalue weighted by Gasteiger charge is -2.35. The third-order valence-electron chi connectivity index (χ3n) is 3.87. The maximum absolute atomic E-state index is 14.1. The molecule has 106 valence electrons. The number of hydrogen-bond acceptors (Lipinski definition) is 2. The SMILES string of the molecule is CC(C)CC[C@H](c1ccccc1F)N1CCNCC1. The summed E-state index contributed by atoms with van der Waals surface area (Å²) in [5.74, 6) is 0.604. The first kappa shape index (κ1) is 14.5. The quantitative estimate of drug-likeness (QED) is 0.878. The zero-order valence-electron chi connectivity index (χ0n) is 12.0. The van der Waals surface area contributed by atoms with Crippen LogP contribution in [0.5, 0.6) is 0 Å². The Morgan fingerprint density at radius 1 is 1.16 bits per heavy atom. The molecule has 0 spiro atoms. The Balaban J connectivity index is 2.15. The number of hydrogen-bond donors (Lipinski definition) is 1. The van der Waals surface area contributed by atoms with Crippen molar-refractivity contribution in [3.63, 3.8) is 0 Å². The van der Waals surface area contributed by atoms with Crippen molar-refractivity contribution >= 4 is 0 Å². The molecule has 0 radical (unpaired) electrons. The Kier molecular flexibility index (Phi) is 5.34. The first-order valence-electron chi connectivity index (χ1n) is 7.37. The maximum atomic E-state index is 14.1. The predicted molar refractivity (Wildman–Crippen MR) is 77.7 cm³/mol. The summed E-state index contributed by atoms with van der Waals surface area (Å²) < 4.78 is 14.1. The van der Waals surface area contributed by atoms with E-state index in [1.54, 1.807) is 12.1 Å². The van der Waals surface area contributed by atoms with Crippen LogP contribution in [0.2, 0.25) is 0 Å². The van der Waals surface area contributed by atoms with Gasteiger partial charge < -0.3 is 5.32 Å². The molecule has 3 heteroatoms. The summed E-state index contributed by atoms with van der Waals surface area (Å²) in [5.41, 5.74) is 0.866. The standard InChI is InChI=1S/C16H25FN2/c1-13(2)7-8-16(19-11-9-18-10-12-19)14-5-3-4-6-15(14)17/h3-6,13,16,18H,7-12H2,1-2H3/t16-/m1/s1. The Bertz CT molecular complexity index is 386. The molecule has 1 aromatic carbocycles. The summed E-state index contributed by atoms with van der Waals surface area (Å²) in [6.07, 6.45) is 2.18. The minimum atomic E-state index is -0.0604. The van der Waals surface area contributed by atoms with Gasteiger partial charge in [0.2, 0.25) is 0 Å². The topological polar surface area (TPSA) is 15.3 Å². The van der Waals surface area contributed by atoms with Gasteiger partial charge in [-0.2, -0.15) is 0 Å². The van der Waals surface area contributed by atoms with Crippen molar-refractivity contribution in [2.45, 2.75) is 32.7 Å². The Morgan fingerprint density at radius 2 is 1.84 bits per heavy atom. The lowest BCUT2D eigenvalue weighted by molar-refractivity contribution is 0.156. The van der Waals surface area contributed by atoms with Crippen molar-refractivity contribution in [3.05, 3.63) is 35.6 Å². The molecule has 2 rings (SSSR count). The summed E-state index contributed by atoms with van der Waals surface area (Å²) in [7, 11) is 0. The molecule has 0 aromatic heterocycles. The third kappa shape index (κ3) is 4.02. The van der Waals surface area contributed by atoms with E-state index in [2.05, 4.69) is 24.1 Å². The molecule has 1 N–H and O–H groups in total. The molecule has 0 amide bonds. The van der Waals surface area contributed by atoms with Crippen molar-refractivity contribution < 1.29 is 4.39 Å². The molecule has 1 aliphatic rings. The summed E-state index contributed by atoms with van der Waals surface area (Å²) in [6.45, 7) is 8.50. The van der Waals surface area contributed by atoms with E-state index < -0.39 is 0 Å². The van der Waals surface area contributed by atoms with Gasteiger partial charge in [0.15, 0.2) is 0 Å². The summed E-state index contributed by atoms with van der Waals surface area (Å²) in [5, 5.41) is 3.37. The van der Waals surface area contributed by atoms with Gasteiger partial charge in [0.1, 0.15) is 5.82 Å². The van der Waals surface area contributed by atoms with Crippen LogP contribution < -0.4 is 5.32 Å². The monoisotopic (exact) mass is 264 g/mol. The molecule has 2 nitrogen and oxygen atoms in total. The van der Waals surface area contributed by atoms with Gasteiger partial charge in [-0.15, -0.1) is 0 Å². The van der Waals surface area contributed by atoms with Crippen LogP contribution >= 0.6 is 0 Å². The summed E-state index contributed by atoms with van der Waals surface area (Å²) in [6, 6.07) is 7.48. The van der Waals surface area contributed by atoms with Crippen LogP contribution in [0.1, 0.15) is 38.3 Å². The first-order chi connectivity index (χ1) is 9.18. The van der Waals surface area contributed by atoms with E-state index in [0.717, 1.165) is 44.6 Å². The fraction of sp³-hybridized carbons (Fsp3) is 0.625. The van der Waals surface area contributed by atoms with Gasteiger partial charge in [-0.3, -0.25) is 4.90 Å². The van der Waals surface area contributed by atoms with E-state index in [-0.39, 0.29) is 11.9 Å². The molecule has 1 aliphatic heterocycles. The Morgan fingerprint density at radius 3 is 2.47 bits per heavy atom. The van der Waals surface area contributed by atoms with Crippen molar-refractivity contribution in [2.24, 2.45) is 5.92 Å². The van der Waals surface area contributed by atoms with Gasteiger partial charge in [0, 0.05) is 37.8 Å². The van der Waals surface area contributed by atoms with E-state index in [0.29, 0.717) is 5.92 Å². The highest BCUT2D eigenvalue weighted by Gasteiger charge is 2.24. The highest BCUT2D eigenvalue weighted by atomic mass is 19.1. The molecule has 1 aromatic rings. The van der Waals surface area contributed by atoms with E-state index >= 15 is 0 Å². The van der Waals surface area contributed by atoms with Gasteiger partial charge in [0.25, 0.3) is 0 Å². The molecule has 0 bridgehead atoms. The third-order valence-corrected chi connectivity index (χ3v) is 3.87. The molecule has 1 heterocycles. The van der Waals surface area contributed by atoms with Gasteiger partial charge in [-0.1, -0.05) is 32.0 Å². The number of benzene rings is 1. The average Bonchev–Trinajstić information content (AvgIpc) is 2.42. The molecule has 0 saturated carbocycles. The van der Waals surface area contributed by atoms with Crippen LogP contribution in [0.25, 0.3) is 0 Å². The largest absolute Gasteiger partial charge is 0.314 e. The maximum Gasteiger partial charge on any atom is 0.127 e. The van der Waals surface area contributed by atoms with Gasteiger partial charge in [-0.25, -0.2) is 4.39 Å². The zero-order valence-corrected chi connectivity index (χ0v) is 12.0. The van der Waals surface area contributed by atoms with E-state index in [9.17, 15) is 4.39 Å². The highest BCUT2D eigenvalue weighted by molar-refractivity contribution is 5.21. The van der Waals surface area contributed by atoms with Crippen molar-refractivity contribution in [1.82, 2.24) is 10.2 Å². The Labute approximate surface area is 116 Å². The molecular formula is C16H25FN2. The van der Waals surface area contributed by atoms with Crippen LogP contribution in [-0.2, 0) is 0 Å². The molecule has 1 fully saturated rings. The van der Waals surface area contributed by atoms with Crippen LogP contribution in [-0.4, -0.2) is 31.1 Å². The number of nitrogens with zero attached hydrogens (tertiary/aromatic N) is 1. The summed E-state index contributed by atoms with van der Waals surface area (Å²) in [4.78, 5) is 2.43. The average molecular weight is 264 g/mol. The minimum absolute atomic E-state index is 0.0604. The van der Waals surface area contributed by atoms with Crippen LogP contribution in [0.4, 0.5) is 4.39 Å². The predicted octanol–water partition coefficient (Wildman–Crippen LogP) is 3.21. The number of halogens is 1. The fourth-order valence-electron chi connectivity index (χ4n) is 2.77. The first-order valence-corrected chi connectivity index (χ1v) is 7.37. The van der Waals surface area contributed by atoms with Crippen LogP contribution in [0, 0.1) is 11.7 Å². The van der Waals surface area contributed by atoms with E-state index in [1.165, 1.54) is 0 Å². The summed E-state index contributed by atoms with van der Waals surface area (Å²) >= 11 is 0. The Hall–Kier alpha value is -0.930. The second kappa shape index (κ2) is 7.01. The zero-order chi connectivity index (χ0) is 13.7. The number of rotatable bonds is 5. The molecule has 1 atom stereocenters. The second-order valence-corrected chi connectivity index (χ2v) is 5.79. The van der Waals surface area contributed by atoms with E-state index in [4.69, 9.17) is 0 Å². The minimum Gasteiger partial charge on any atom is -0.314 e. The molecule has 1 saturated heterocycles. The van der Waals surface area contributed by atoms with Crippen molar-refractivity contribution in [2.75, 3.05) is 26.2 Å². The van der Waals surface area contributed by atoms with Gasteiger partial charge in [-0.05, 0) is 24.8 Å². The molecule has 19 heavy (non-hydrogen) atoms. The van der Waals surface area contributed by atoms with Crippen LogP contribution in [0.15, 0.2) is 24.3 Å². The number of piperazine rings is 1. The lowest BCUT2D eigenvalue weighted by Crippen LogP contribution is -2.45. The fourth-order valence-corrected chi connectivity index (χ4v) is 2.77.